The Bertz CT molecular complexity index is 629. The van der Waals surface area contributed by atoms with E-state index in [2.05, 4.69) is 26.0 Å². The maximum atomic E-state index is 11.1. The molecule has 1 heterocycles. The molecule has 1 aromatic carbocycles. The highest BCUT2D eigenvalue weighted by Crippen LogP contribution is 2.27. The number of nitrogens with zero attached hydrogens (tertiary/aromatic N) is 3. The third kappa shape index (κ3) is 1.86. The smallest absolute Gasteiger partial charge is 0.336 e. The van der Waals surface area contributed by atoms with Crippen LogP contribution in [-0.4, -0.2) is 0 Å². The second-order valence-electron chi connectivity index (χ2n) is 2.78. The van der Waals surface area contributed by atoms with Crippen molar-refractivity contribution in [2.24, 2.45) is 5.11 Å². The van der Waals surface area contributed by atoms with Crippen molar-refractivity contribution in [3.63, 3.8) is 0 Å². The van der Waals surface area contributed by atoms with Gasteiger partial charge in [-0.3, -0.25) is 0 Å². The van der Waals surface area contributed by atoms with E-state index in [4.69, 9.17) is 9.95 Å². The van der Waals surface area contributed by atoms with Crippen LogP contribution in [0.2, 0.25) is 0 Å². The van der Waals surface area contributed by atoms with Crippen molar-refractivity contribution < 1.29 is 4.42 Å². The maximum absolute atomic E-state index is 11.1. The van der Waals surface area contributed by atoms with E-state index in [0.717, 1.165) is 10.5 Å². The molecule has 0 aliphatic heterocycles. The van der Waals surface area contributed by atoms with Gasteiger partial charge in [0.25, 0.3) is 0 Å². The van der Waals surface area contributed by atoms with Crippen LogP contribution < -0.4 is 5.63 Å². The maximum Gasteiger partial charge on any atom is 0.336 e. The molecule has 0 aliphatic carbocycles. The molecule has 0 spiro atoms. The quantitative estimate of drug-likeness (QED) is 0.342. The van der Waals surface area contributed by atoms with Gasteiger partial charge in [0.15, 0.2) is 0 Å². The van der Waals surface area contributed by atoms with Crippen LogP contribution in [-0.2, 0) is 0 Å². The first kappa shape index (κ1) is 9.76. The molecular formula is C9H4BrN3O2. The fourth-order valence-corrected chi connectivity index (χ4v) is 1.61. The number of rotatable bonds is 1. The number of fused-ring (bicyclic) bond motifs is 1. The summed E-state index contributed by atoms with van der Waals surface area (Å²) in [5.41, 5.74) is 8.48. The predicted octanol–water partition coefficient (Wildman–Crippen LogP) is 3.50. The van der Waals surface area contributed by atoms with Gasteiger partial charge in [0, 0.05) is 20.8 Å². The minimum absolute atomic E-state index is 0.269. The molecule has 0 saturated heterocycles. The van der Waals surface area contributed by atoms with Crippen molar-refractivity contribution in [1.82, 2.24) is 0 Å². The van der Waals surface area contributed by atoms with Crippen molar-refractivity contribution in [1.29, 1.82) is 0 Å². The topological polar surface area (TPSA) is 79.0 Å². The molecule has 74 valence electrons. The minimum Gasteiger partial charge on any atom is -0.423 e. The summed E-state index contributed by atoms with van der Waals surface area (Å²) < 4.78 is 5.76. The van der Waals surface area contributed by atoms with Crippen LogP contribution in [0.3, 0.4) is 0 Å². The molecule has 1 aromatic heterocycles. The van der Waals surface area contributed by atoms with Gasteiger partial charge >= 0.3 is 5.63 Å². The van der Waals surface area contributed by atoms with Gasteiger partial charge in [-0.05, 0) is 23.7 Å². The highest BCUT2D eigenvalue weighted by atomic mass is 79.9. The number of azide groups is 1. The fraction of sp³-hybridized carbons (Fsp3) is 0. The molecule has 0 amide bonds. The fourth-order valence-electron chi connectivity index (χ4n) is 1.25. The molecule has 0 atom stereocenters. The van der Waals surface area contributed by atoms with Crippen LogP contribution in [0.25, 0.3) is 21.4 Å². The second-order valence-corrected chi connectivity index (χ2v) is 3.70. The summed E-state index contributed by atoms with van der Waals surface area (Å²) in [6.07, 6.45) is 0. The number of halogens is 1. The number of benzene rings is 1. The van der Waals surface area contributed by atoms with Crippen molar-refractivity contribution in [2.75, 3.05) is 0 Å². The molecule has 6 heteroatoms. The first-order chi connectivity index (χ1) is 7.20. The number of hydrogen-bond donors (Lipinski definition) is 0. The van der Waals surface area contributed by atoms with Crippen LogP contribution >= 0.6 is 15.9 Å². The first-order valence-electron chi connectivity index (χ1n) is 3.99. The molecule has 0 radical (unpaired) electrons. The average Bonchev–Trinajstić information content (AvgIpc) is 2.19. The second kappa shape index (κ2) is 3.76. The predicted molar refractivity (Wildman–Crippen MR) is 59.0 cm³/mol. The van der Waals surface area contributed by atoms with Gasteiger partial charge < -0.3 is 4.42 Å². The van der Waals surface area contributed by atoms with Crippen LogP contribution in [0, 0.1) is 0 Å². The average molecular weight is 266 g/mol. The molecule has 0 aliphatic rings. The third-order valence-corrected chi connectivity index (χ3v) is 2.33. The lowest BCUT2D eigenvalue weighted by atomic mass is 10.2. The Labute approximate surface area is 92.1 Å². The Balaban J connectivity index is 2.93. The van der Waals surface area contributed by atoms with Crippen molar-refractivity contribution >= 4 is 32.6 Å². The van der Waals surface area contributed by atoms with Gasteiger partial charge in [-0.1, -0.05) is 21.0 Å². The van der Waals surface area contributed by atoms with Crippen molar-refractivity contribution in [2.45, 2.75) is 0 Å². The lowest BCUT2D eigenvalue weighted by Gasteiger charge is -1.99. The normalized spacial score (nSPS) is 9.93. The Morgan fingerprint density at radius 2 is 2.20 bits per heavy atom. The Morgan fingerprint density at radius 1 is 1.40 bits per heavy atom. The monoisotopic (exact) mass is 265 g/mol. The molecule has 0 saturated carbocycles. The summed E-state index contributed by atoms with van der Waals surface area (Å²) in [6.45, 7) is 0. The van der Waals surface area contributed by atoms with E-state index in [1.54, 1.807) is 18.2 Å². The zero-order valence-electron chi connectivity index (χ0n) is 7.35. The van der Waals surface area contributed by atoms with Crippen LogP contribution in [0.1, 0.15) is 0 Å². The van der Waals surface area contributed by atoms with Crippen LogP contribution in [0.15, 0.2) is 43.1 Å². The highest BCUT2D eigenvalue weighted by molar-refractivity contribution is 9.10. The van der Waals surface area contributed by atoms with Crippen molar-refractivity contribution in [3.05, 3.63) is 49.6 Å². The summed E-state index contributed by atoms with van der Waals surface area (Å²) in [4.78, 5) is 13.8. The molecule has 2 rings (SSSR count). The molecule has 0 bridgehead atoms. The molecule has 0 N–H and O–H groups in total. The summed E-state index contributed by atoms with van der Waals surface area (Å²) in [5.74, 6) is 0. The summed E-state index contributed by atoms with van der Waals surface area (Å²) >= 11 is 3.28. The molecule has 2 aromatic rings. The summed E-state index contributed by atoms with van der Waals surface area (Å²) in [5, 5.41) is 4.04. The van der Waals surface area contributed by atoms with E-state index in [-0.39, 0.29) is 5.69 Å². The standard InChI is InChI=1S/C9H4BrN3O2/c10-5-1-2-8-6(3-5)7(12-13-11)4-9(14)15-8/h1-4H. The Morgan fingerprint density at radius 3 is 2.93 bits per heavy atom. The van der Waals surface area contributed by atoms with Gasteiger partial charge in [-0.15, -0.1) is 0 Å². The van der Waals surface area contributed by atoms with E-state index in [1.165, 1.54) is 0 Å². The zero-order valence-corrected chi connectivity index (χ0v) is 8.93. The molecule has 15 heavy (non-hydrogen) atoms. The lowest BCUT2D eigenvalue weighted by Crippen LogP contribution is -1.94. The van der Waals surface area contributed by atoms with E-state index < -0.39 is 5.63 Å². The Kier molecular flexibility index (Phi) is 2.45. The van der Waals surface area contributed by atoms with E-state index in [1.807, 2.05) is 0 Å². The van der Waals surface area contributed by atoms with Crippen LogP contribution in [0.5, 0.6) is 0 Å². The first-order valence-corrected chi connectivity index (χ1v) is 4.78. The van der Waals surface area contributed by atoms with E-state index in [0.29, 0.717) is 11.0 Å². The van der Waals surface area contributed by atoms with Gasteiger partial charge in [0.2, 0.25) is 0 Å². The summed E-state index contributed by atoms with van der Waals surface area (Å²) in [7, 11) is 0. The minimum atomic E-state index is -0.535. The largest absolute Gasteiger partial charge is 0.423 e. The SMILES string of the molecule is [N-]=[N+]=Nc1cc(=O)oc2ccc(Br)cc12. The number of hydrogen-bond acceptors (Lipinski definition) is 3. The lowest BCUT2D eigenvalue weighted by molar-refractivity contribution is 0.561. The van der Waals surface area contributed by atoms with E-state index >= 15 is 0 Å². The molecule has 0 fully saturated rings. The molecular weight excluding hydrogens is 262 g/mol. The molecule has 0 unspecified atom stereocenters. The third-order valence-electron chi connectivity index (χ3n) is 1.84. The molecule has 5 nitrogen and oxygen atoms in total. The van der Waals surface area contributed by atoms with Crippen molar-refractivity contribution in [3.8, 4) is 0 Å². The van der Waals surface area contributed by atoms with E-state index in [9.17, 15) is 4.79 Å². The zero-order chi connectivity index (χ0) is 10.8. The van der Waals surface area contributed by atoms with Gasteiger partial charge in [-0.25, -0.2) is 4.79 Å². The highest BCUT2D eigenvalue weighted by Gasteiger charge is 2.04. The summed E-state index contributed by atoms with van der Waals surface area (Å²) in [6, 6.07) is 6.26. The Hall–Kier alpha value is -1.78. The van der Waals surface area contributed by atoms with Gasteiger partial charge in [-0.2, -0.15) is 0 Å². The van der Waals surface area contributed by atoms with Gasteiger partial charge in [0.05, 0.1) is 5.69 Å². The van der Waals surface area contributed by atoms with Crippen LogP contribution in [0.4, 0.5) is 5.69 Å². The van der Waals surface area contributed by atoms with Gasteiger partial charge in [0.1, 0.15) is 5.58 Å².